The number of aliphatic hydroxyl groups is 1. The lowest BCUT2D eigenvalue weighted by molar-refractivity contribution is 0.0291. The molecule has 2 saturated carbocycles. The van der Waals surface area contributed by atoms with Gasteiger partial charge in [-0.2, -0.15) is 0 Å². The first kappa shape index (κ1) is 13.2. The van der Waals surface area contributed by atoms with Crippen molar-refractivity contribution in [1.29, 1.82) is 0 Å². The Kier molecular flexibility index (Phi) is 3.68. The molecule has 1 aromatic rings. The molecule has 3 rings (SSSR count). The average Bonchev–Trinajstić information content (AvgIpc) is 3.11. The highest BCUT2D eigenvalue weighted by Gasteiger charge is 2.35. The second kappa shape index (κ2) is 5.29. The topological polar surface area (TPSA) is 45.4 Å². The van der Waals surface area contributed by atoms with E-state index in [9.17, 15) is 5.11 Å². The van der Waals surface area contributed by atoms with Gasteiger partial charge in [-0.15, -0.1) is 0 Å². The van der Waals surface area contributed by atoms with Crippen LogP contribution in [0.25, 0.3) is 0 Å². The standard InChI is InChI=1S/C16H25NO2/c1-16(18,15-6-3-9-19-15)11-17-14-5-2-4-13(10-14)12-7-8-12/h3,6,9,12-14,17-18H,2,4-5,7-8,10-11H2,1H3. The molecule has 0 amide bonds. The van der Waals surface area contributed by atoms with E-state index in [2.05, 4.69) is 5.32 Å². The van der Waals surface area contributed by atoms with Crippen molar-refractivity contribution >= 4 is 0 Å². The van der Waals surface area contributed by atoms with E-state index >= 15 is 0 Å². The summed E-state index contributed by atoms with van der Waals surface area (Å²) in [5.41, 5.74) is -0.907. The Morgan fingerprint density at radius 3 is 2.84 bits per heavy atom. The number of hydrogen-bond donors (Lipinski definition) is 2. The fraction of sp³-hybridized carbons (Fsp3) is 0.750. The van der Waals surface area contributed by atoms with Gasteiger partial charge in [0.05, 0.1) is 6.26 Å². The van der Waals surface area contributed by atoms with Crippen molar-refractivity contribution in [3.63, 3.8) is 0 Å². The van der Waals surface area contributed by atoms with E-state index in [4.69, 9.17) is 4.42 Å². The van der Waals surface area contributed by atoms with Gasteiger partial charge in [0.25, 0.3) is 0 Å². The summed E-state index contributed by atoms with van der Waals surface area (Å²) in [6.07, 6.45) is 9.80. The summed E-state index contributed by atoms with van der Waals surface area (Å²) < 4.78 is 5.32. The molecule has 0 aromatic carbocycles. The molecule has 3 unspecified atom stereocenters. The molecule has 0 radical (unpaired) electrons. The Labute approximate surface area is 115 Å². The third-order valence-corrected chi connectivity index (χ3v) is 4.79. The zero-order valence-electron chi connectivity index (χ0n) is 11.8. The Bertz CT molecular complexity index is 395. The van der Waals surface area contributed by atoms with Crippen LogP contribution in [0.4, 0.5) is 0 Å². The second-order valence-corrected chi connectivity index (χ2v) is 6.59. The van der Waals surface area contributed by atoms with Crippen LogP contribution in [0.1, 0.15) is 51.2 Å². The molecule has 1 aromatic heterocycles. The molecule has 0 spiro atoms. The number of furan rings is 1. The summed E-state index contributed by atoms with van der Waals surface area (Å²) in [5.74, 6) is 2.59. The minimum Gasteiger partial charge on any atom is -0.466 e. The summed E-state index contributed by atoms with van der Waals surface area (Å²) in [5, 5.41) is 14.0. The Balaban J connectivity index is 1.51. The van der Waals surface area contributed by atoms with Gasteiger partial charge in [0, 0.05) is 12.6 Å². The Hall–Kier alpha value is -0.800. The summed E-state index contributed by atoms with van der Waals surface area (Å²) in [6, 6.07) is 4.24. The Morgan fingerprint density at radius 1 is 1.32 bits per heavy atom. The van der Waals surface area contributed by atoms with Crippen molar-refractivity contribution in [2.45, 2.75) is 57.1 Å². The molecule has 0 bridgehead atoms. The molecular formula is C16H25NO2. The summed E-state index contributed by atoms with van der Waals surface area (Å²) in [4.78, 5) is 0. The van der Waals surface area contributed by atoms with Crippen LogP contribution in [-0.4, -0.2) is 17.7 Å². The molecule has 1 heterocycles. The van der Waals surface area contributed by atoms with Crippen LogP contribution in [0.3, 0.4) is 0 Å². The number of nitrogens with one attached hydrogen (secondary N) is 1. The van der Waals surface area contributed by atoms with Crippen molar-refractivity contribution in [3.05, 3.63) is 24.2 Å². The minimum atomic E-state index is -0.907. The normalized spacial score (nSPS) is 31.1. The first-order valence-electron chi connectivity index (χ1n) is 7.65. The van der Waals surface area contributed by atoms with Gasteiger partial charge >= 0.3 is 0 Å². The SMILES string of the molecule is CC(O)(CNC1CCCC(C2CC2)C1)c1ccco1. The monoisotopic (exact) mass is 263 g/mol. The van der Waals surface area contributed by atoms with Crippen molar-refractivity contribution < 1.29 is 9.52 Å². The Morgan fingerprint density at radius 2 is 2.16 bits per heavy atom. The third-order valence-electron chi connectivity index (χ3n) is 4.79. The van der Waals surface area contributed by atoms with Gasteiger partial charge in [-0.25, -0.2) is 0 Å². The van der Waals surface area contributed by atoms with E-state index in [1.54, 1.807) is 6.26 Å². The van der Waals surface area contributed by atoms with Crippen LogP contribution in [0.2, 0.25) is 0 Å². The van der Waals surface area contributed by atoms with E-state index in [0.29, 0.717) is 18.3 Å². The van der Waals surface area contributed by atoms with Gasteiger partial charge in [0.2, 0.25) is 0 Å². The highest BCUT2D eigenvalue weighted by atomic mass is 16.4. The van der Waals surface area contributed by atoms with Crippen molar-refractivity contribution in [2.24, 2.45) is 11.8 Å². The van der Waals surface area contributed by atoms with Crippen LogP contribution in [0.5, 0.6) is 0 Å². The maximum absolute atomic E-state index is 10.4. The fourth-order valence-electron chi connectivity index (χ4n) is 3.42. The van der Waals surface area contributed by atoms with Crippen LogP contribution >= 0.6 is 0 Å². The quantitative estimate of drug-likeness (QED) is 0.858. The van der Waals surface area contributed by atoms with Crippen molar-refractivity contribution in [1.82, 2.24) is 5.32 Å². The lowest BCUT2D eigenvalue weighted by Crippen LogP contribution is -2.42. The molecule has 2 N–H and O–H groups in total. The molecule has 2 fully saturated rings. The fourth-order valence-corrected chi connectivity index (χ4v) is 3.42. The van der Waals surface area contributed by atoms with Crippen LogP contribution in [0.15, 0.2) is 22.8 Å². The van der Waals surface area contributed by atoms with Gasteiger partial charge in [-0.05, 0) is 56.6 Å². The zero-order chi connectivity index (χ0) is 13.3. The van der Waals surface area contributed by atoms with E-state index in [1.807, 2.05) is 19.1 Å². The van der Waals surface area contributed by atoms with Crippen LogP contribution < -0.4 is 5.32 Å². The van der Waals surface area contributed by atoms with Crippen molar-refractivity contribution in [3.8, 4) is 0 Å². The van der Waals surface area contributed by atoms with E-state index < -0.39 is 5.60 Å². The number of rotatable bonds is 5. The maximum atomic E-state index is 10.4. The molecule has 2 aliphatic rings. The zero-order valence-corrected chi connectivity index (χ0v) is 11.8. The van der Waals surface area contributed by atoms with Gasteiger partial charge in [-0.3, -0.25) is 0 Å². The minimum absolute atomic E-state index is 0.570. The summed E-state index contributed by atoms with van der Waals surface area (Å²) in [6.45, 7) is 2.39. The molecule has 3 heteroatoms. The molecule has 0 saturated heterocycles. The van der Waals surface area contributed by atoms with Crippen molar-refractivity contribution in [2.75, 3.05) is 6.54 Å². The molecule has 19 heavy (non-hydrogen) atoms. The summed E-state index contributed by atoms with van der Waals surface area (Å²) >= 11 is 0. The first-order valence-corrected chi connectivity index (χ1v) is 7.65. The third kappa shape index (κ3) is 3.21. The highest BCUT2D eigenvalue weighted by Crippen LogP contribution is 2.43. The average molecular weight is 263 g/mol. The van der Waals surface area contributed by atoms with Gasteiger partial charge in [0.1, 0.15) is 11.4 Å². The van der Waals surface area contributed by atoms with E-state index in [1.165, 1.54) is 38.5 Å². The molecule has 0 aliphatic heterocycles. The van der Waals surface area contributed by atoms with Crippen LogP contribution in [-0.2, 0) is 5.60 Å². The lowest BCUT2D eigenvalue weighted by Gasteiger charge is -2.32. The van der Waals surface area contributed by atoms with Gasteiger partial charge in [-0.1, -0.05) is 12.8 Å². The number of hydrogen-bond acceptors (Lipinski definition) is 3. The first-order chi connectivity index (χ1) is 9.15. The second-order valence-electron chi connectivity index (χ2n) is 6.59. The largest absolute Gasteiger partial charge is 0.466 e. The smallest absolute Gasteiger partial charge is 0.136 e. The highest BCUT2D eigenvalue weighted by molar-refractivity contribution is 5.08. The lowest BCUT2D eigenvalue weighted by atomic mass is 9.82. The van der Waals surface area contributed by atoms with Crippen LogP contribution in [0, 0.1) is 11.8 Å². The molecule has 2 aliphatic carbocycles. The molecular weight excluding hydrogens is 238 g/mol. The molecule has 3 atom stereocenters. The van der Waals surface area contributed by atoms with Gasteiger partial charge in [0.15, 0.2) is 0 Å². The van der Waals surface area contributed by atoms with E-state index in [0.717, 1.165) is 11.8 Å². The molecule has 3 nitrogen and oxygen atoms in total. The predicted molar refractivity (Wildman–Crippen MR) is 74.8 cm³/mol. The van der Waals surface area contributed by atoms with E-state index in [-0.39, 0.29) is 0 Å². The maximum Gasteiger partial charge on any atom is 0.136 e. The summed E-state index contributed by atoms with van der Waals surface area (Å²) in [7, 11) is 0. The van der Waals surface area contributed by atoms with Gasteiger partial charge < -0.3 is 14.8 Å². The predicted octanol–water partition coefficient (Wildman–Crippen LogP) is 3.05. The molecule has 106 valence electrons.